The van der Waals surface area contributed by atoms with Crippen molar-refractivity contribution in [1.82, 2.24) is 0 Å². The summed E-state index contributed by atoms with van der Waals surface area (Å²) in [6, 6.07) is 6.56. The van der Waals surface area contributed by atoms with Gasteiger partial charge in [0.05, 0.1) is 0 Å². The molecule has 0 saturated carbocycles. The topological polar surface area (TPSA) is 26.0 Å². The van der Waals surface area contributed by atoms with Crippen molar-refractivity contribution in [1.29, 1.82) is 0 Å². The molecule has 0 radical (unpaired) electrons. The molecule has 0 aliphatic rings. The van der Waals surface area contributed by atoms with Crippen LogP contribution in [0.3, 0.4) is 0 Å². The summed E-state index contributed by atoms with van der Waals surface area (Å²) >= 11 is 0. The van der Waals surface area contributed by atoms with E-state index in [0.717, 1.165) is 0 Å². The molecule has 2 heteroatoms. The molecule has 2 N–H and O–H groups in total. The maximum Gasteiger partial charge on any atom is 0.249 e. The lowest BCUT2D eigenvalue weighted by molar-refractivity contribution is 0.844. The van der Waals surface area contributed by atoms with Gasteiger partial charge in [0, 0.05) is 0 Å². The molecule has 1 nitrogen and oxygen atoms in total. The van der Waals surface area contributed by atoms with Crippen molar-refractivity contribution in [3.8, 4) is 0 Å². The summed E-state index contributed by atoms with van der Waals surface area (Å²) in [6.07, 6.45) is 0. The van der Waals surface area contributed by atoms with E-state index in [1.165, 1.54) is 16.6 Å². The Kier molecular flexibility index (Phi) is 3.98. The summed E-state index contributed by atoms with van der Waals surface area (Å²) in [5, 5.41) is 0. The summed E-state index contributed by atoms with van der Waals surface area (Å²) < 4.78 is 0. The average Bonchev–Trinajstić information content (AvgIpc) is 2.16. The van der Waals surface area contributed by atoms with Gasteiger partial charge in [-0.1, -0.05) is 58.2 Å². The van der Waals surface area contributed by atoms with E-state index in [9.17, 15) is 0 Å². The Balaban J connectivity index is 3.35. The third-order valence-electron chi connectivity index (χ3n) is 2.87. The van der Waals surface area contributed by atoms with E-state index in [1.54, 1.807) is 0 Å². The molecule has 0 amide bonds. The summed E-state index contributed by atoms with van der Waals surface area (Å²) in [7, 11) is 0. The predicted molar refractivity (Wildman–Crippen MR) is 70.1 cm³/mol. The normalized spacial score (nSPS) is 11.2. The average molecular weight is 203 g/mol. The zero-order valence-electron chi connectivity index (χ0n) is 10.5. The number of hydrogen-bond donors (Lipinski definition) is 1. The van der Waals surface area contributed by atoms with Gasteiger partial charge in [-0.25, -0.2) is 0 Å². The van der Waals surface area contributed by atoms with E-state index in [4.69, 9.17) is 5.64 Å². The molecule has 1 rings (SSSR count). The van der Waals surface area contributed by atoms with Gasteiger partial charge in [-0.2, -0.15) is 0 Å². The van der Waals surface area contributed by atoms with E-state index >= 15 is 0 Å². The number of rotatable bonds is 3. The Bertz CT molecular complexity index is 303. The van der Waals surface area contributed by atoms with Crippen LogP contribution in [0.4, 0.5) is 0 Å². The van der Waals surface area contributed by atoms with Gasteiger partial charge in [-0.3, -0.25) is 0 Å². The minimum absolute atomic E-state index is 0.126. The van der Waals surface area contributed by atoms with Gasteiger partial charge < -0.3 is 5.64 Å². The van der Waals surface area contributed by atoms with E-state index < -0.39 is 0 Å². The van der Waals surface area contributed by atoms with E-state index in [2.05, 4.69) is 52.7 Å². The minimum Gasteiger partial charge on any atom is -0.366 e. The Morgan fingerprint density at radius 3 is 1.67 bits per heavy atom. The molecule has 0 spiro atoms. The van der Waals surface area contributed by atoms with Crippen LogP contribution in [-0.2, 0) is 0 Å². The van der Waals surface area contributed by atoms with Crippen molar-refractivity contribution in [3.05, 3.63) is 29.3 Å². The Labute approximate surface area is 94.2 Å². The summed E-state index contributed by atoms with van der Waals surface area (Å²) in [6.45, 7) is 11.1. The van der Waals surface area contributed by atoms with Crippen LogP contribution in [0.1, 0.15) is 50.7 Å². The van der Waals surface area contributed by atoms with Gasteiger partial charge in [-0.15, -0.1) is 0 Å². The largest absolute Gasteiger partial charge is 0.366 e. The second-order valence-electron chi connectivity index (χ2n) is 4.95. The summed E-state index contributed by atoms with van der Waals surface area (Å²) in [5.41, 5.74) is 10.2. The van der Waals surface area contributed by atoms with Crippen molar-refractivity contribution in [3.63, 3.8) is 0 Å². The van der Waals surface area contributed by atoms with Crippen molar-refractivity contribution in [2.75, 3.05) is 0 Å². The van der Waals surface area contributed by atoms with Crippen LogP contribution in [0.25, 0.3) is 0 Å². The molecule has 0 aromatic heterocycles. The van der Waals surface area contributed by atoms with Crippen molar-refractivity contribution in [2.24, 2.45) is 5.64 Å². The highest BCUT2D eigenvalue weighted by Crippen LogP contribution is 2.19. The van der Waals surface area contributed by atoms with Crippen molar-refractivity contribution >= 4 is 12.3 Å². The van der Waals surface area contributed by atoms with E-state index in [1.807, 2.05) is 0 Å². The third-order valence-corrected chi connectivity index (χ3v) is 2.87. The van der Waals surface area contributed by atoms with Gasteiger partial charge in [0.25, 0.3) is 0 Å². The Hall–Kier alpha value is -0.755. The number of benzene rings is 1. The van der Waals surface area contributed by atoms with Crippen molar-refractivity contribution in [2.45, 2.75) is 46.4 Å². The standard InChI is InChI=1S/C13H22BN/c1-9(2)11-7-6-8-12(10(3)4)13(11)14(5)15/h6-10H,15H2,1-5H3. The van der Waals surface area contributed by atoms with Crippen LogP contribution in [0.5, 0.6) is 0 Å². The Morgan fingerprint density at radius 2 is 1.40 bits per heavy atom. The molecule has 0 heterocycles. The highest BCUT2D eigenvalue weighted by atomic mass is 14.4. The molecule has 0 fully saturated rings. The summed E-state index contributed by atoms with van der Waals surface area (Å²) in [5.74, 6) is 1.09. The number of nitrogens with two attached hydrogens (primary N) is 1. The molecule has 82 valence electrons. The van der Waals surface area contributed by atoms with E-state index in [0.29, 0.717) is 11.8 Å². The third kappa shape index (κ3) is 2.63. The quantitative estimate of drug-likeness (QED) is 0.751. The first kappa shape index (κ1) is 12.3. The molecule has 0 unspecified atom stereocenters. The molecule has 0 saturated heterocycles. The molecule has 0 aliphatic carbocycles. The molecule has 0 aliphatic heterocycles. The lowest BCUT2D eigenvalue weighted by atomic mass is 9.55. The van der Waals surface area contributed by atoms with Gasteiger partial charge in [-0.05, 0) is 23.0 Å². The lowest BCUT2D eigenvalue weighted by Crippen LogP contribution is -2.41. The van der Waals surface area contributed by atoms with Crippen LogP contribution in [0, 0.1) is 0 Å². The first-order chi connectivity index (χ1) is 6.95. The zero-order chi connectivity index (χ0) is 11.6. The van der Waals surface area contributed by atoms with Gasteiger partial charge in [0.15, 0.2) is 0 Å². The molecule has 15 heavy (non-hydrogen) atoms. The molecule has 1 aromatic rings. The van der Waals surface area contributed by atoms with E-state index in [-0.39, 0.29) is 6.85 Å². The lowest BCUT2D eigenvalue weighted by Gasteiger charge is -2.20. The first-order valence-electron chi connectivity index (χ1n) is 5.83. The second-order valence-corrected chi connectivity index (χ2v) is 4.95. The second kappa shape index (κ2) is 4.85. The van der Waals surface area contributed by atoms with Crippen LogP contribution in [-0.4, -0.2) is 6.85 Å². The maximum absolute atomic E-state index is 6.09. The van der Waals surface area contributed by atoms with Crippen molar-refractivity contribution < 1.29 is 0 Å². The smallest absolute Gasteiger partial charge is 0.249 e. The van der Waals surface area contributed by atoms with Gasteiger partial charge in [0.2, 0.25) is 6.85 Å². The monoisotopic (exact) mass is 203 g/mol. The Morgan fingerprint density at radius 1 is 1.00 bits per heavy atom. The SMILES string of the molecule is CB(N)c1c(C(C)C)cccc1C(C)C. The highest BCUT2D eigenvalue weighted by Gasteiger charge is 2.18. The zero-order valence-corrected chi connectivity index (χ0v) is 10.5. The van der Waals surface area contributed by atoms with Crippen LogP contribution < -0.4 is 11.1 Å². The number of hydrogen-bond acceptors (Lipinski definition) is 1. The fourth-order valence-corrected chi connectivity index (χ4v) is 2.13. The molecule has 1 aromatic carbocycles. The molecular formula is C13H22BN. The molecule has 0 atom stereocenters. The first-order valence-corrected chi connectivity index (χ1v) is 5.83. The fraction of sp³-hybridized carbons (Fsp3) is 0.538. The fourth-order valence-electron chi connectivity index (χ4n) is 2.13. The van der Waals surface area contributed by atoms with Crippen LogP contribution >= 0.6 is 0 Å². The molecular weight excluding hydrogens is 181 g/mol. The predicted octanol–water partition coefficient (Wildman–Crippen LogP) is 2.72. The van der Waals surface area contributed by atoms with Crippen LogP contribution in [0.15, 0.2) is 18.2 Å². The molecule has 0 bridgehead atoms. The van der Waals surface area contributed by atoms with Gasteiger partial charge in [0.1, 0.15) is 0 Å². The highest BCUT2D eigenvalue weighted by molar-refractivity contribution is 6.70. The minimum atomic E-state index is 0.126. The van der Waals surface area contributed by atoms with Crippen LogP contribution in [0.2, 0.25) is 6.82 Å². The maximum atomic E-state index is 6.09. The summed E-state index contributed by atoms with van der Waals surface area (Å²) in [4.78, 5) is 0. The van der Waals surface area contributed by atoms with Gasteiger partial charge >= 0.3 is 0 Å².